The van der Waals surface area contributed by atoms with Gasteiger partial charge in [-0.05, 0) is 39.2 Å². The first kappa shape index (κ1) is 12.5. The lowest BCUT2D eigenvalue weighted by molar-refractivity contribution is -0.328. The van der Waals surface area contributed by atoms with Crippen LogP contribution in [0.25, 0.3) is 0 Å². The molecule has 2 nitrogen and oxygen atoms in total. The molecule has 0 aliphatic heterocycles. The molecule has 0 aromatic carbocycles. The maximum Gasteiger partial charge on any atom is 0.128 e. The molecule has 0 aromatic heterocycles. The molecule has 0 amide bonds. The van der Waals surface area contributed by atoms with Crippen molar-refractivity contribution in [2.75, 3.05) is 0 Å². The average Bonchev–Trinajstić information content (AvgIpc) is 2.01. The molecule has 0 saturated heterocycles. The molecular weight excluding hydrogens is 164 g/mol. The van der Waals surface area contributed by atoms with E-state index in [1.807, 2.05) is 27.7 Å². The average molecular weight is 186 g/mol. The molecule has 0 heterocycles. The van der Waals surface area contributed by atoms with Crippen LogP contribution in [0.5, 0.6) is 0 Å². The molecule has 0 fully saturated rings. The highest BCUT2D eigenvalue weighted by Crippen LogP contribution is 2.23. The van der Waals surface area contributed by atoms with E-state index in [2.05, 4.69) is 13.8 Å². The highest BCUT2D eigenvalue weighted by atomic mass is 17.2. The highest BCUT2D eigenvalue weighted by molar-refractivity contribution is 4.85. The van der Waals surface area contributed by atoms with E-state index in [0.717, 1.165) is 12.0 Å². The fourth-order valence-electron chi connectivity index (χ4n) is 0.818. The van der Waals surface area contributed by atoms with Gasteiger partial charge in [-0.2, -0.15) is 4.89 Å². The molecule has 1 unspecified atom stereocenters. The van der Waals surface area contributed by atoms with E-state index >= 15 is 0 Å². The Kier molecular flexibility index (Phi) is 5.07. The summed E-state index contributed by atoms with van der Waals surface area (Å²) >= 11 is 0. The fourth-order valence-corrected chi connectivity index (χ4v) is 0.818. The van der Waals surface area contributed by atoms with Gasteiger partial charge in [0.1, 0.15) is 11.9 Å². The molecule has 1 atom stereocenters. The zero-order valence-corrected chi connectivity index (χ0v) is 9.68. The minimum absolute atomic E-state index is 0.222. The van der Waals surface area contributed by atoms with E-state index in [-0.39, 0.29) is 5.60 Å². The zero-order valence-electron chi connectivity index (χ0n) is 9.68. The van der Waals surface area contributed by atoms with Crippen molar-refractivity contribution in [2.45, 2.75) is 53.6 Å². The van der Waals surface area contributed by atoms with E-state index in [1.165, 1.54) is 0 Å². The Bertz CT molecular complexity index is 167. The van der Waals surface area contributed by atoms with Crippen LogP contribution in [0.1, 0.15) is 48.0 Å². The summed E-state index contributed by atoms with van der Waals surface area (Å²) in [5.74, 6) is 0.484. The van der Waals surface area contributed by atoms with Crippen molar-refractivity contribution in [3.05, 3.63) is 11.8 Å². The van der Waals surface area contributed by atoms with Crippen molar-refractivity contribution >= 4 is 0 Å². The standard InChI is InChI=1S/C11H22O2/c1-7-10(4)11(5,6)13-12-8-9(2)3/h8,10H,7H2,1-6H3. The van der Waals surface area contributed by atoms with Crippen molar-refractivity contribution in [3.63, 3.8) is 0 Å². The predicted molar refractivity (Wildman–Crippen MR) is 55.1 cm³/mol. The van der Waals surface area contributed by atoms with Crippen LogP contribution in [0.4, 0.5) is 0 Å². The van der Waals surface area contributed by atoms with Gasteiger partial charge in [0.15, 0.2) is 0 Å². The molecule has 0 rings (SSSR count). The Balaban J connectivity index is 3.96. The lowest BCUT2D eigenvalue weighted by Crippen LogP contribution is -2.31. The second-order valence-corrected chi connectivity index (χ2v) is 4.29. The van der Waals surface area contributed by atoms with Crippen LogP contribution in [-0.2, 0) is 9.78 Å². The van der Waals surface area contributed by atoms with E-state index < -0.39 is 0 Å². The number of hydrogen-bond donors (Lipinski definition) is 0. The van der Waals surface area contributed by atoms with Gasteiger partial charge in [0, 0.05) is 0 Å². The molecular formula is C11H22O2. The molecule has 2 heteroatoms. The van der Waals surface area contributed by atoms with Crippen LogP contribution < -0.4 is 0 Å². The summed E-state index contributed by atoms with van der Waals surface area (Å²) in [6.07, 6.45) is 2.72. The van der Waals surface area contributed by atoms with E-state index in [1.54, 1.807) is 6.26 Å². The maximum atomic E-state index is 5.32. The summed E-state index contributed by atoms with van der Waals surface area (Å²) in [6.45, 7) is 12.3. The van der Waals surface area contributed by atoms with Gasteiger partial charge in [-0.1, -0.05) is 20.3 Å². The summed E-state index contributed by atoms with van der Waals surface area (Å²) in [6, 6.07) is 0. The second kappa shape index (κ2) is 5.28. The van der Waals surface area contributed by atoms with Crippen molar-refractivity contribution in [1.82, 2.24) is 0 Å². The number of rotatable bonds is 5. The van der Waals surface area contributed by atoms with Crippen LogP contribution in [0.15, 0.2) is 11.8 Å². The molecule has 0 radical (unpaired) electrons. The molecule has 13 heavy (non-hydrogen) atoms. The summed E-state index contributed by atoms with van der Waals surface area (Å²) in [5.41, 5.74) is 0.876. The minimum atomic E-state index is -0.222. The summed E-state index contributed by atoms with van der Waals surface area (Å²) < 4.78 is 0. The van der Waals surface area contributed by atoms with Gasteiger partial charge in [0.05, 0.1) is 0 Å². The monoisotopic (exact) mass is 186 g/mol. The topological polar surface area (TPSA) is 18.5 Å². The lowest BCUT2D eigenvalue weighted by atomic mass is 9.91. The van der Waals surface area contributed by atoms with Gasteiger partial charge in [0.2, 0.25) is 0 Å². The Morgan fingerprint density at radius 1 is 1.38 bits per heavy atom. The lowest BCUT2D eigenvalue weighted by Gasteiger charge is -2.28. The molecule has 0 aliphatic carbocycles. The summed E-state index contributed by atoms with van der Waals surface area (Å²) in [7, 11) is 0. The van der Waals surface area contributed by atoms with Gasteiger partial charge in [-0.25, -0.2) is 0 Å². The van der Waals surface area contributed by atoms with Gasteiger partial charge in [0.25, 0.3) is 0 Å². The molecule has 0 bridgehead atoms. The third-order valence-electron chi connectivity index (χ3n) is 2.35. The normalized spacial score (nSPS) is 13.7. The largest absolute Gasteiger partial charge is 0.345 e. The fraction of sp³-hybridized carbons (Fsp3) is 0.818. The van der Waals surface area contributed by atoms with Crippen molar-refractivity contribution in [3.8, 4) is 0 Å². The Morgan fingerprint density at radius 2 is 1.92 bits per heavy atom. The predicted octanol–water partition coefficient (Wildman–Crippen LogP) is 3.68. The van der Waals surface area contributed by atoms with Crippen LogP contribution in [0.3, 0.4) is 0 Å². The molecule has 0 aromatic rings. The third-order valence-corrected chi connectivity index (χ3v) is 2.35. The molecule has 0 N–H and O–H groups in total. The smallest absolute Gasteiger partial charge is 0.128 e. The van der Waals surface area contributed by atoms with E-state index in [9.17, 15) is 0 Å². The number of hydrogen-bond acceptors (Lipinski definition) is 2. The van der Waals surface area contributed by atoms with Gasteiger partial charge >= 0.3 is 0 Å². The van der Waals surface area contributed by atoms with Crippen molar-refractivity contribution < 1.29 is 9.78 Å². The highest BCUT2D eigenvalue weighted by Gasteiger charge is 2.27. The van der Waals surface area contributed by atoms with Crippen LogP contribution in [0, 0.1) is 5.92 Å². The number of allylic oxidation sites excluding steroid dienone is 1. The molecule has 0 spiro atoms. The SMILES string of the molecule is CCC(C)C(C)(C)OOC=C(C)C. The quantitative estimate of drug-likeness (QED) is 0.370. The Labute approximate surface area is 81.9 Å². The zero-order chi connectivity index (χ0) is 10.5. The van der Waals surface area contributed by atoms with Gasteiger partial charge in [-0.15, -0.1) is 0 Å². The third kappa shape index (κ3) is 4.94. The Morgan fingerprint density at radius 3 is 2.31 bits per heavy atom. The van der Waals surface area contributed by atoms with E-state index in [0.29, 0.717) is 5.92 Å². The van der Waals surface area contributed by atoms with E-state index in [4.69, 9.17) is 9.78 Å². The first-order chi connectivity index (χ1) is 5.90. The first-order valence-corrected chi connectivity index (χ1v) is 4.88. The van der Waals surface area contributed by atoms with Crippen molar-refractivity contribution in [1.29, 1.82) is 0 Å². The second-order valence-electron chi connectivity index (χ2n) is 4.29. The molecule has 0 saturated carbocycles. The first-order valence-electron chi connectivity index (χ1n) is 4.88. The molecule has 78 valence electrons. The molecule has 0 aliphatic rings. The van der Waals surface area contributed by atoms with Crippen LogP contribution in [0.2, 0.25) is 0 Å². The van der Waals surface area contributed by atoms with Gasteiger partial charge < -0.3 is 4.89 Å². The summed E-state index contributed by atoms with van der Waals surface area (Å²) in [4.78, 5) is 10.3. The van der Waals surface area contributed by atoms with Crippen LogP contribution in [-0.4, -0.2) is 5.60 Å². The van der Waals surface area contributed by atoms with Crippen LogP contribution >= 0.6 is 0 Å². The van der Waals surface area contributed by atoms with Gasteiger partial charge in [-0.3, -0.25) is 0 Å². The maximum absolute atomic E-state index is 5.32. The Hall–Kier alpha value is -0.500. The minimum Gasteiger partial charge on any atom is -0.345 e. The summed E-state index contributed by atoms with van der Waals surface area (Å²) in [5, 5.41) is 0. The van der Waals surface area contributed by atoms with Crippen molar-refractivity contribution in [2.24, 2.45) is 5.92 Å².